The molecule has 23 heavy (non-hydrogen) atoms. The molecule has 1 aliphatic rings. The third-order valence-corrected chi connectivity index (χ3v) is 3.53. The van der Waals surface area contributed by atoms with Crippen molar-refractivity contribution < 1.29 is 9.47 Å². The molecule has 0 fully saturated rings. The van der Waals surface area contributed by atoms with Crippen molar-refractivity contribution in [3.63, 3.8) is 0 Å². The lowest BCUT2D eigenvalue weighted by molar-refractivity contribution is 0.297. The number of nitrogens with two attached hydrogens (primary N) is 1. The molecular weight excluding hydrogens is 290 g/mol. The van der Waals surface area contributed by atoms with Crippen LogP contribution >= 0.6 is 0 Å². The number of nitrogens with one attached hydrogen (secondary N) is 1. The minimum Gasteiger partial charge on any atom is -0.490 e. The first-order valence-corrected chi connectivity index (χ1v) is 7.73. The van der Waals surface area contributed by atoms with E-state index in [1.54, 1.807) is 0 Å². The monoisotopic (exact) mass is 311 g/mol. The van der Waals surface area contributed by atoms with Crippen molar-refractivity contribution in [1.82, 2.24) is 0 Å². The molecule has 0 aromatic heterocycles. The van der Waals surface area contributed by atoms with Gasteiger partial charge >= 0.3 is 0 Å². The van der Waals surface area contributed by atoms with Crippen LogP contribution in [0.4, 0.5) is 5.69 Å². The van der Waals surface area contributed by atoms with Crippen LogP contribution < -0.4 is 20.5 Å². The average molecular weight is 311 g/mol. The second-order valence-corrected chi connectivity index (χ2v) is 5.53. The highest BCUT2D eigenvalue weighted by molar-refractivity contribution is 5.92. The summed E-state index contributed by atoms with van der Waals surface area (Å²) in [4.78, 5) is 4.37. The topological polar surface area (TPSA) is 68.9 Å². The molecule has 0 amide bonds. The quantitative estimate of drug-likeness (QED) is 0.675. The first-order valence-electron chi connectivity index (χ1n) is 7.73. The fraction of sp³-hybridized carbons (Fsp3) is 0.278. The van der Waals surface area contributed by atoms with Crippen LogP contribution in [-0.4, -0.2) is 19.2 Å². The summed E-state index contributed by atoms with van der Waals surface area (Å²) in [6.07, 6.45) is 0.886. The van der Waals surface area contributed by atoms with E-state index in [-0.39, 0.29) is 0 Å². The third kappa shape index (κ3) is 4.16. The number of fused-ring (bicyclic) bond motifs is 1. The maximum absolute atomic E-state index is 5.97. The lowest BCUT2D eigenvalue weighted by Crippen LogP contribution is -2.22. The summed E-state index contributed by atoms with van der Waals surface area (Å²) in [7, 11) is 0. The molecule has 0 radical (unpaired) electrons. The molecule has 0 saturated carbocycles. The zero-order valence-electron chi connectivity index (χ0n) is 13.2. The Morgan fingerprint density at radius 2 is 1.96 bits per heavy atom. The van der Waals surface area contributed by atoms with Gasteiger partial charge < -0.3 is 20.5 Å². The van der Waals surface area contributed by atoms with Crippen molar-refractivity contribution in [2.45, 2.75) is 19.9 Å². The number of rotatable bonds is 3. The summed E-state index contributed by atoms with van der Waals surface area (Å²) < 4.78 is 11.3. The predicted octanol–water partition coefficient (Wildman–Crippen LogP) is 3.08. The van der Waals surface area contributed by atoms with Crippen LogP contribution in [0.15, 0.2) is 47.5 Å². The van der Waals surface area contributed by atoms with Gasteiger partial charge in [0, 0.05) is 18.2 Å². The molecule has 0 atom stereocenters. The number of anilines is 1. The van der Waals surface area contributed by atoms with E-state index in [9.17, 15) is 0 Å². The molecule has 3 rings (SSSR count). The first-order chi connectivity index (χ1) is 11.2. The van der Waals surface area contributed by atoms with E-state index in [1.165, 1.54) is 5.56 Å². The van der Waals surface area contributed by atoms with Crippen molar-refractivity contribution in [1.29, 1.82) is 0 Å². The minimum absolute atomic E-state index is 0.376. The zero-order chi connectivity index (χ0) is 16.1. The van der Waals surface area contributed by atoms with E-state index < -0.39 is 0 Å². The van der Waals surface area contributed by atoms with Gasteiger partial charge in [-0.05, 0) is 24.6 Å². The Labute approximate surface area is 136 Å². The van der Waals surface area contributed by atoms with Crippen LogP contribution in [0.2, 0.25) is 0 Å². The van der Waals surface area contributed by atoms with E-state index in [0.717, 1.165) is 29.2 Å². The Morgan fingerprint density at radius 3 is 2.78 bits per heavy atom. The van der Waals surface area contributed by atoms with Crippen LogP contribution in [-0.2, 0) is 6.54 Å². The Balaban J connectivity index is 1.66. The van der Waals surface area contributed by atoms with Crippen LogP contribution in [0.25, 0.3) is 0 Å². The SMILES string of the molecule is Cc1cccc(CN=C(N)Nc2ccc3c(c2)OCCCO3)c1. The highest BCUT2D eigenvalue weighted by Gasteiger charge is 2.10. The van der Waals surface area contributed by atoms with Gasteiger partial charge in [-0.3, -0.25) is 0 Å². The summed E-state index contributed by atoms with van der Waals surface area (Å²) in [6.45, 7) is 3.95. The number of ether oxygens (including phenoxy) is 2. The van der Waals surface area contributed by atoms with Crippen molar-refractivity contribution in [2.24, 2.45) is 10.7 Å². The van der Waals surface area contributed by atoms with Gasteiger partial charge in [-0.2, -0.15) is 0 Å². The van der Waals surface area contributed by atoms with Crippen molar-refractivity contribution in [3.05, 3.63) is 53.6 Å². The lowest BCUT2D eigenvalue weighted by atomic mass is 10.1. The van der Waals surface area contributed by atoms with Gasteiger partial charge in [-0.1, -0.05) is 29.8 Å². The van der Waals surface area contributed by atoms with Gasteiger partial charge in [-0.25, -0.2) is 4.99 Å². The molecule has 0 bridgehead atoms. The molecule has 0 unspecified atom stereocenters. The van der Waals surface area contributed by atoms with Gasteiger partial charge in [0.2, 0.25) is 0 Å². The number of nitrogens with zero attached hydrogens (tertiary/aromatic N) is 1. The Bertz CT molecular complexity index is 713. The standard InChI is InChI=1S/C18H21N3O2/c1-13-4-2-5-14(10-13)12-20-18(19)21-15-6-7-16-17(11-15)23-9-3-8-22-16/h2,4-7,10-11H,3,8-9,12H2,1H3,(H3,19,20,21). The number of hydrogen-bond acceptors (Lipinski definition) is 3. The largest absolute Gasteiger partial charge is 0.490 e. The number of aliphatic imine (C=N–C) groups is 1. The van der Waals surface area contributed by atoms with E-state index in [0.29, 0.717) is 25.7 Å². The maximum atomic E-state index is 5.97. The Morgan fingerprint density at radius 1 is 1.13 bits per heavy atom. The summed E-state index contributed by atoms with van der Waals surface area (Å²) in [5, 5.41) is 3.09. The van der Waals surface area contributed by atoms with E-state index in [2.05, 4.69) is 29.4 Å². The van der Waals surface area contributed by atoms with Crippen LogP contribution in [0, 0.1) is 6.92 Å². The first kappa shape index (κ1) is 15.2. The minimum atomic E-state index is 0.376. The molecule has 120 valence electrons. The molecule has 5 nitrogen and oxygen atoms in total. The molecule has 1 aliphatic heterocycles. The zero-order valence-corrected chi connectivity index (χ0v) is 13.2. The van der Waals surface area contributed by atoms with Crippen LogP contribution in [0.1, 0.15) is 17.5 Å². The summed E-state index contributed by atoms with van der Waals surface area (Å²) >= 11 is 0. The number of hydrogen-bond donors (Lipinski definition) is 2. The van der Waals surface area contributed by atoms with Gasteiger partial charge in [0.05, 0.1) is 19.8 Å². The summed E-state index contributed by atoms with van der Waals surface area (Å²) in [5.74, 6) is 1.88. The van der Waals surface area contributed by atoms with Crippen molar-refractivity contribution >= 4 is 11.6 Å². The van der Waals surface area contributed by atoms with Gasteiger partial charge in [0.1, 0.15) is 0 Å². The van der Waals surface area contributed by atoms with Crippen LogP contribution in [0.3, 0.4) is 0 Å². The van der Waals surface area contributed by atoms with Gasteiger partial charge in [-0.15, -0.1) is 0 Å². The molecule has 1 heterocycles. The molecule has 2 aromatic carbocycles. The highest BCUT2D eigenvalue weighted by Crippen LogP contribution is 2.32. The molecule has 5 heteroatoms. The summed E-state index contributed by atoms with van der Waals surface area (Å²) in [5.41, 5.74) is 9.15. The second-order valence-electron chi connectivity index (χ2n) is 5.53. The molecule has 0 saturated heterocycles. The number of guanidine groups is 1. The average Bonchev–Trinajstić information content (AvgIpc) is 2.78. The predicted molar refractivity (Wildman–Crippen MR) is 92.2 cm³/mol. The maximum Gasteiger partial charge on any atom is 0.193 e. The fourth-order valence-electron chi connectivity index (χ4n) is 2.42. The molecule has 0 aliphatic carbocycles. The lowest BCUT2D eigenvalue weighted by Gasteiger charge is -2.10. The highest BCUT2D eigenvalue weighted by atomic mass is 16.5. The Kier molecular flexibility index (Phi) is 4.66. The molecule has 2 aromatic rings. The van der Waals surface area contributed by atoms with Gasteiger partial charge in [0.25, 0.3) is 0 Å². The number of aryl methyl sites for hydroxylation is 1. The van der Waals surface area contributed by atoms with E-state index in [1.807, 2.05) is 30.3 Å². The van der Waals surface area contributed by atoms with E-state index in [4.69, 9.17) is 15.2 Å². The second kappa shape index (κ2) is 7.05. The normalized spacial score (nSPS) is 14.2. The number of benzene rings is 2. The summed E-state index contributed by atoms with van der Waals surface area (Å²) in [6, 6.07) is 13.9. The van der Waals surface area contributed by atoms with Crippen molar-refractivity contribution in [3.8, 4) is 11.5 Å². The third-order valence-electron chi connectivity index (χ3n) is 3.53. The molecule has 0 spiro atoms. The van der Waals surface area contributed by atoms with Crippen molar-refractivity contribution in [2.75, 3.05) is 18.5 Å². The molecular formula is C18H21N3O2. The Hall–Kier alpha value is -2.69. The van der Waals surface area contributed by atoms with Gasteiger partial charge in [0.15, 0.2) is 17.5 Å². The van der Waals surface area contributed by atoms with Crippen LogP contribution in [0.5, 0.6) is 11.5 Å². The fourth-order valence-corrected chi connectivity index (χ4v) is 2.42. The molecule has 3 N–H and O–H groups in total. The van der Waals surface area contributed by atoms with E-state index >= 15 is 0 Å². The smallest absolute Gasteiger partial charge is 0.193 e.